The molecule has 0 bridgehead atoms. The van der Waals surface area contributed by atoms with Crippen LogP contribution >= 0.6 is 0 Å². The van der Waals surface area contributed by atoms with Gasteiger partial charge in [-0.25, -0.2) is 0 Å². The van der Waals surface area contributed by atoms with E-state index in [0.717, 1.165) is 0 Å². The average molecular weight is 229 g/mol. The van der Waals surface area contributed by atoms with Crippen molar-refractivity contribution in [3.8, 4) is 0 Å². The van der Waals surface area contributed by atoms with Crippen molar-refractivity contribution >= 4 is 22.3 Å². The van der Waals surface area contributed by atoms with Gasteiger partial charge < -0.3 is 21.9 Å². The Morgan fingerprint density at radius 1 is 0.714 bits per heavy atom. The van der Waals surface area contributed by atoms with Gasteiger partial charge in [-0.1, -0.05) is 0 Å². The third kappa shape index (κ3) is 529. The molecule has 0 rings (SSSR count). The molecule has 0 aliphatic heterocycles. The Kier molecular flexibility index (Phi) is 634. The molecule has 7 heteroatoms. The Bertz CT molecular complexity index is 9.65. The van der Waals surface area contributed by atoms with Gasteiger partial charge in [0, 0.05) is 0 Å². The fourth-order valence-corrected chi connectivity index (χ4v) is 0. The fourth-order valence-electron chi connectivity index (χ4n) is 0. The van der Waals surface area contributed by atoms with Crippen molar-refractivity contribution in [1.82, 2.24) is 0 Å². The maximum absolute atomic E-state index is 9.80. The van der Waals surface area contributed by atoms with Crippen LogP contribution in [0.2, 0.25) is 0 Å². The molecule has 0 aliphatic rings. The molecule has 50 valence electrons. The van der Waals surface area contributed by atoms with Crippen molar-refractivity contribution in [2.45, 2.75) is 0 Å². The van der Waals surface area contributed by atoms with Gasteiger partial charge in [-0.15, -0.1) is 0 Å². The van der Waals surface area contributed by atoms with Gasteiger partial charge in [-0.05, 0) is 0 Å². The van der Waals surface area contributed by atoms with Gasteiger partial charge in [0.25, 0.3) is 0 Å². The van der Waals surface area contributed by atoms with E-state index in [-0.39, 0.29) is 21.9 Å². The molecule has 7 heavy (non-hydrogen) atoms. The van der Waals surface area contributed by atoms with E-state index in [1.165, 1.54) is 0 Å². The zero-order valence-corrected chi connectivity index (χ0v) is 6.11. The maximum atomic E-state index is 9.80. The summed E-state index contributed by atoms with van der Waals surface area (Å²) in [4.78, 5) is 0. The predicted molar refractivity (Wildman–Crippen MR) is 22.4 cm³/mol. The Morgan fingerprint density at radius 2 is 0.714 bits per heavy atom. The van der Waals surface area contributed by atoms with Crippen molar-refractivity contribution in [2.75, 3.05) is 0 Å². The van der Waals surface area contributed by atoms with Gasteiger partial charge in [0.05, 0.1) is 0 Å². The van der Waals surface area contributed by atoms with Gasteiger partial charge in [-0.3, -0.25) is 0 Å². The molecule has 0 aromatic carbocycles. The number of hydrogen-bond donors (Lipinski definition) is 0. The van der Waals surface area contributed by atoms with Gasteiger partial charge in [0.15, 0.2) is 0 Å². The van der Waals surface area contributed by atoms with Crippen LogP contribution in [0.4, 0.5) is 5.73 Å². The summed E-state index contributed by atoms with van der Waals surface area (Å²) >= 11 is -2.77. The standard InChI is InChI=1S/2FH.4H2O.Sn/h2*1H;4*1H2;/q;;;;;;+2/p-2. The van der Waals surface area contributed by atoms with E-state index in [1.54, 1.807) is 0 Å². The molecule has 0 saturated heterocycles. The van der Waals surface area contributed by atoms with Gasteiger partial charge in [-0.2, -0.15) is 0 Å². The fraction of sp³-hybridized carbons (Fsp3) is 0. The third-order valence-corrected chi connectivity index (χ3v) is 0. The normalized spacial score (nSPS) is 2.57. The van der Waals surface area contributed by atoms with Crippen molar-refractivity contribution in [3.05, 3.63) is 0 Å². The van der Waals surface area contributed by atoms with E-state index in [4.69, 9.17) is 0 Å². The zero-order valence-electron chi connectivity index (χ0n) is 3.26. The van der Waals surface area contributed by atoms with Crippen molar-refractivity contribution in [3.63, 3.8) is 0 Å². The summed E-state index contributed by atoms with van der Waals surface area (Å²) in [6, 6.07) is 0. The van der Waals surface area contributed by atoms with Crippen LogP contribution in [0.25, 0.3) is 0 Å². The molecule has 0 heterocycles. The van der Waals surface area contributed by atoms with Crippen LogP contribution in [0.5, 0.6) is 0 Å². The summed E-state index contributed by atoms with van der Waals surface area (Å²) in [7, 11) is 0. The van der Waals surface area contributed by atoms with E-state index in [1.807, 2.05) is 0 Å². The molecule has 0 fully saturated rings. The van der Waals surface area contributed by atoms with Crippen LogP contribution in [0.3, 0.4) is 0 Å². The monoisotopic (exact) mass is 230 g/mol. The molecule has 0 aromatic rings. The van der Waals surface area contributed by atoms with Crippen LogP contribution < -0.4 is 0 Å². The first-order chi connectivity index (χ1) is 1.41. The number of halogens is 2. The molecule has 0 amide bonds. The molecule has 0 aromatic heterocycles. The molecular formula is H8F2O4Sn. The number of rotatable bonds is 0. The molecule has 0 unspecified atom stereocenters. The summed E-state index contributed by atoms with van der Waals surface area (Å²) in [5.74, 6) is 0. The van der Waals surface area contributed by atoms with Crippen molar-refractivity contribution < 1.29 is 27.6 Å². The SMILES string of the molecule is O.O.O.O.[F][Sn][F]. The first kappa shape index (κ1) is 50.7. The van der Waals surface area contributed by atoms with Crippen LogP contribution in [-0.2, 0) is 0 Å². The molecule has 0 saturated carbocycles. The van der Waals surface area contributed by atoms with E-state index >= 15 is 0 Å². The van der Waals surface area contributed by atoms with Gasteiger partial charge in [0.2, 0.25) is 0 Å². The molecule has 0 aliphatic carbocycles. The number of hydrogen-bond acceptors (Lipinski definition) is 0. The topological polar surface area (TPSA) is 126 Å². The van der Waals surface area contributed by atoms with Gasteiger partial charge >= 0.3 is 28.0 Å². The Balaban J connectivity index is -0.00000000333. The zero-order chi connectivity index (χ0) is 2.71. The Morgan fingerprint density at radius 3 is 0.714 bits per heavy atom. The molecule has 0 spiro atoms. The van der Waals surface area contributed by atoms with Crippen molar-refractivity contribution in [1.29, 1.82) is 0 Å². The minimum atomic E-state index is -2.77. The molecule has 0 atom stereocenters. The second kappa shape index (κ2) is 87.5. The van der Waals surface area contributed by atoms with Crippen LogP contribution in [0, 0.1) is 0 Å². The van der Waals surface area contributed by atoms with E-state index in [0.29, 0.717) is 0 Å². The molecular weight excluding hydrogens is 221 g/mol. The van der Waals surface area contributed by atoms with Crippen LogP contribution in [0.15, 0.2) is 0 Å². The predicted octanol–water partition coefficient (Wildman–Crippen LogP) is -2.84. The molecule has 8 N–H and O–H groups in total. The second-order valence-corrected chi connectivity index (χ2v) is 0.479. The van der Waals surface area contributed by atoms with E-state index < -0.39 is 22.3 Å². The molecule has 2 radical (unpaired) electrons. The van der Waals surface area contributed by atoms with E-state index in [9.17, 15) is 5.73 Å². The minimum absolute atomic E-state index is 0. The summed E-state index contributed by atoms with van der Waals surface area (Å²) < 4.78 is 19.6. The first-order valence-electron chi connectivity index (χ1n) is 0.378. The average Bonchev–Trinajstić information content (AvgIpc) is 0.918. The van der Waals surface area contributed by atoms with Crippen LogP contribution in [0.1, 0.15) is 0 Å². The first-order valence-corrected chi connectivity index (χ1v) is 2.54. The Hall–Kier alpha value is 0.499. The summed E-state index contributed by atoms with van der Waals surface area (Å²) in [6.45, 7) is 0. The van der Waals surface area contributed by atoms with Crippen molar-refractivity contribution in [2.24, 2.45) is 0 Å². The van der Waals surface area contributed by atoms with E-state index in [2.05, 4.69) is 0 Å². The van der Waals surface area contributed by atoms with Crippen LogP contribution in [-0.4, -0.2) is 44.2 Å². The summed E-state index contributed by atoms with van der Waals surface area (Å²) in [5, 5.41) is 0. The Labute approximate surface area is 50.5 Å². The quantitative estimate of drug-likeness (QED) is 0.396. The summed E-state index contributed by atoms with van der Waals surface area (Å²) in [5.41, 5.74) is 0. The molecule has 4 nitrogen and oxygen atoms in total. The summed E-state index contributed by atoms with van der Waals surface area (Å²) in [6.07, 6.45) is 0. The van der Waals surface area contributed by atoms with Gasteiger partial charge in [0.1, 0.15) is 0 Å². The third-order valence-electron chi connectivity index (χ3n) is 0. The second-order valence-electron chi connectivity index (χ2n) is 0.0714.